The van der Waals surface area contributed by atoms with E-state index in [-0.39, 0.29) is 18.2 Å². The lowest BCUT2D eigenvalue weighted by Gasteiger charge is -2.13. The predicted molar refractivity (Wildman–Crippen MR) is 148 cm³/mol. The second kappa shape index (κ2) is 8.98. The fourth-order valence-electron chi connectivity index (χ4n) is 5.92. The minimum Gasteiger partial charge on any atom is -0.481 e. The molecule has 0 bridgehead atoms. The fraction of sp³-hybridized carbons (Fsp3) is 0.125. The first-order chi connectivity index (χ1) is 19.4. The van der Waals surface area contributed by atoms with Crippen LogP contribution in [0.5, 0.6) is 0 Å². The molecule has 2 N–H and O–H groups in total. The van der Waals surface area contributed by atoms with Crippen molar-refractivity contribution >= 4 is 17.6 Å². The molecule has 40 heavy (non-hydrogen) atoms. The van der Waals surface area contributed by atoms with Gasteiger partial charge in [-0.15, -0.1) is 0 Å². The average molecular weight is 531 g/mol. The van der Waals surface area contributed by atoms with E-state index in [0.29, 0.717) is 23.2 Å². The van der Waals surface area contributed by atoms with E-state index in [2.05, 4.69) is 15.4 Å². The molecule has 1 aliphatic carbocycles. The first-order valence-corrected chi connectivity index (χ1v) is 12.9. The molecule has 1 spiro atoms. The minimum absolute atomic E-state index is 0.0757. The zero-order valence-corrected chi connectivity index (χ0v) is 21.2. The van der Waals surface area contributed by atoms with Gasteiger partial charge in [-0.25, -0.2) is 14.1 Å². The van der Waals surface area contributed by atoms with Gasteiger partial charge in [-0.1, -0.05) is 60.7 Å². The van der Waals surface area contributed by atoms with E-state index in [1.165, 1.54) is 12.4 Å². The van der Waals surface area contributed by atoms with Gasteiger partial charge in [0.05, 0.1) is 17.5 Å². The van der Waals surface area contributed by atoms with Crippen LogP contribution in [-0.4, -0.2) is 31.7 Å². The van der Waals surface area contributed by atoms with Crippen molar-refractivity contribution in [3.05, 3.63) is 120 Å². The van der Waals surface area contributed by atoms with E-state index in [9.17, 15) is 14.7 Å². The number of aliphatic carboxylic acids is 1. The number of carbonyl (C=O) groups is 2. The molecule has 7 nitrogen and oxygen atoms in total. The van der Waals surface area contributed by atoms with E-state index >= 15 is 4.39 Å². The summed E-state index contributed by atoms with van der Waals surface area (Å²) in [5, 5.41) is 16.2. The highest BCUT2D eigenvalue weighted by Gasteiger charge is 2.65. The van der Waals surface area contributed by atoms with Gasteiger partial charge >= 0.3 is 5.97 Å². The summed E-state index contributed by atoms with van der Waals surface area (Å²) >= 11 is 0. The van der Waals surface area contributed by atoms with Crippen LogP contribution in [-0.2, 0) is 21.4 Å². The average Bonchev–Trinajstić information content (AvgIpc) is 3.34. The summed E-state index contributed by atoms with van der Waals surface area (Å²) in [6.45, 7) is 0. The second-order valence-electron chi connectivity index (χ2n) is 10.3. The number of carboxylic acids is 1. The number of halogens is 1. The normalized spacial score (nSPS) is 18.9. The standard InChI is InChI=1S/C32H23FN4O3/c33-28-15-29-26(32(31(40)36-29)16-27(32)23-3-1-2-19(12-23)13-30(38)39)14-25(28)22-6-4-20(5-7-22)21-8-10-24(11-9-21)37-18-34-17-35-37/h1-12,14-15,17-18,27H,13,16H2,(H,36,40)(H,38,39). The Morgan fingerprint density at radius 2 is 1.73 bits per heavy atom. The molecule has 2 heterocycles. The third-order valence-corrected chi connectivity index (χ3v) is 7.99. The second-order valence-corrected chi connectivity index (χ2v) is 10.3. The molecule has 7 rings (SSSR count). The number of nitrogens with one attached hydrogen (secondary N) is 1. The summed E-state index contributed by atoms with van der Waals surface area (Å²) in [5.41, 5.74) is 6.21. The van der Waals surface area contributed by atoms with Crippen LogP contribution in [0.25, 0.3) is 27.9 Å². The van der Waals surface area contributed by atoms with Gasteiger partial charge in [0, 0.05) is 17.2 Å². The summed E-state index contributed by atoms with van der Waals surface area (Å²) in [5.74, 6) is -1.54. The van der Waals surface area contributed by atoms with Gasteiger partial charge in [-0.05, 0) is 64.1 Å². The van der Waals surface area contributed by atoms with Crippen molar-refractivity contribution in [2.24, 2.45) is 0 Å². The number of hydrogen-bond acceptors (Lipinski definition) is 4. The number of fused-ring (bicyclic) bond motifs is 2. The van der Waals surface area contributed by atoms with Crippen molar-refractivity contribution in [2.45, 2.75) is 24.2 Å². The number of benzene rings is 4. The van der Waals surface area contributed by atoms with Crippen LogP contribution < -0.4 is 5.32 Å². The lowest BCUT2D eigenvalue weighted by molar-refractivity contribution is -0.136. The van der Waals surface area contributed by atoms with E-state index in [0.717, 1.165) is 33.5 Å². The third kappa shape index (κ3) is 3.88. The van der Waals surface area contributed by atoms with Crippen LogP contribution in [0.15, 0.2) is 97.6 Å². The molecule has 0 saturated heterocycles. The van der Waals surface area contributed by atoms with Crippen LogP contribution in [0.4, 0.5) is 10.1 Å². The Labute approximate surface area is 228 Å². The van der Waals surface area contributed by atoms with Crippen molar-refractivity contribution in [1.82, 2.24) is 14.8 Å². The number of anilines is 1. The van der Waals surface area contributed by atoms with Crippen LogP contribution in [0.1, 0.15) is 29.0 Å². The minimum atomic E-state index is -0.901. The molecule has 8 heteroatoms. The molecular weight excluding hydrogens is 507 g/mol. The summed E-state index contributed by atoms with van der Waals surface area (Å²) in [6, 6.07) is 26.2. The highest BCUT2D eigenvalue weighted by Crippen LogP contribution is 2.65. The number of aromatic nitrogens is 3. The Morgan fingerprint density at radius 3 is 2.42 bits per heavy atom. The quantitative estimate of drug-likeness (QED) is 0.292. The molecular formula is C32H23FN4O3. The summed E-state index contributed by atoms with van der Waals surface area (Å²) < 4.78 is 17.0. The number of rotatable bonds is 6. The molecule has 2 atom stereocenters. The third-order valence-electron chi connectivity index (χ3n) is 7.99. The predicted octanol–water partition coefficient (Wildman–Crippen LogP) is 5.74. The molecule has 1 aromatic heterocycles. The Kier molecular flexibility index (Phi) is 5.38. The zero-order valence-electron chi connectivity index (χ0n) is 21.2. The van der Waals surface area contributed by atoms with Crippen LogP contribution in [0, 0.1) is 5.82 Å². The van der Waals surface area contributed by atoms with Crippen molar-refractivity contribution < 1.29 is 19.1 Å². The van der Waals surface area contributed by atoms with E-state index < -0.39 is 17.2 Å². The first-order valence-electron chi connectivity index (χ1n) is 12.9. The molecule has 5 aromatic rings. The molecule has 2 aliphatic rings. The maximum Gasteiger partial charge on any atom is 0.307 e. The summed E-state index contributed by atoms with van der Waals surface area (Å²) in [4.78, 5) is 28.3. The van der Waals surface area contributed by atoms with Crippen LogP contribution in [0.3, 0.4) is 0 Å². The largest absolute Gasteiger partial charge is 0.481 e. The molecule has 1 saturated carbocycles. The maximum absolute atomic E-state index is 15.3. The van der Waals surface area contributed by atoms with Crippen molar-refractivity contribution in [3.8, 4) is 27.9 Å². The summed E-state index contributed by atoms with van der Waals surface area (Å²) in [6.07, 6.45) is 3.65. The first kappa shape index (κ1) is 24.0. The smallest absolute Gasteiger partial charge is 0.307 e. The van der Waals surface area contributed by atoms with Gasteiger partial charge < -0.3 is 10.4 Å². The van der Waals surface area contributed by atoms with E-state index in [1.807, 2.05) is 66.7 Å². The van der Waals surface area contributed by atoms with Gasteiger partial charge in [0.2, 0.25) is 5.91 Å². The maximum atomic E-state index is 15.3. The molecule has 1 aliphatic heterocycles. The van der Waals surface area contributed by atoms with Crippen molar-refractivity contribution in [3.63, 3.8) is 0 Å². The van der Waals surface area contributed by atoms with Gasteiger partial charge in [-0.3, -0.25) is 9.59 Å². The summed E-state index contributed by atoms with van der Waals surface area (Å²) in [7, 11) is 0. The molecule has 0 radical (unpaired) electrons. The monoisotopic (exact) mass is 530 g/mol. The molecule has 2 unspecified atom stereocenters. The van der Waals surface area contributed by atoms with E-state index in [4.69, 9.17) is 0 Å². The lowest BCUT2D eigenvalue weighted by Crippen LogP contribution is -2.21. The Hall–Kier alpha value is -5.11. The van der Waals surface area contributed by atoms with E-state index in [1.54, 1.807) is 23.1 Å². The van der Waals surface area contributed by atoms with Gasteiger partial charge in [0.25, 0.3) is 0 Å². The van der Waals surface area contributed by atoms with Gasteiger partial charge in [0.1, 0.15) is 18.5 Å². The van der Waals surface area contributed by atoms with Gasteiger partial charge in [-0.2, -0.15) is 5.10 Å². The number of carboxylic acid groups (broad SMARTS) is 1. The van der Waals surface area contributed by atoms with Crippen molar-refractivity contribution in [2.75, 3.05) is 5.32 Å². The molecule has 1 fully saturated rings. The Morgan fingerprint density at radius 1 is 1.00 bits per heavy atom. The van der Waals surface area contributed by atoms with Crippen LogP contribution in [0.2, 0.25) is 0 Å². The lowest BCUT2D eigenvalue weighted by atomic mass is 9.89. The molecule has 1 amide bonds. The highest BCUT2D eigenvalue weighted by atomic mass is 19.1. The Bertz CT molecular complexity index is 1780. The SMILES string of the molecule is O=C(O)Cc1cccc(C2CC23C(=O)Nc2cc(F)c(-c4ccc(-c5ccc(-n6cncn6)cc5)cc4)cc23)c1. The highest BCUT2D eigenvalue weighted by molar-refractivity contribution is 6.10. The zero-order chi connectivity index (χ0) is 27.4. The number of carbonyl (C=O) groups excluding carboxylic acids is 1. The topological polar surface area (TPSA) is 97.1 Å². The molecule has 196 valence electrons. The number of hydrogen-bond donors (Lipinski definition) is 2. The van der Waals surface area contributed by atoms with Crippen molar-refractivity contribution in [1.29, 1.82) is 0 Å². The number of nitrogens with zero attached hydrogens (tertiary/aromatic N) is 3. The van der Waals surface area contributed by atoms with Crippen LogP contribution >= 0.6 is 0 Å². The Balaban J connectivity index is 1.18. The van der Waals surface area contributed by atoms with Gasteiger partial charge in [0.15, 0.2) is 0 Å². The number of amides is 1. The molecule has 4 aromatic carbocycles. The fourth-order valence-corrected chi connectivity index (χ4v) is 5.92.